The quantitative estimate of drug-likeness (QED) is 0.477. The average Bonchev–Trinajstić information content (AvgIpc) is 2.46. The fraction of sp³-hybridized carbons (Fsp3) is 0.188. The summed E-state index contributed by atoms with van der Waals surface area (Å²) in [5, 5.41) is 11.1. The molecule has 0 saturated carbocycles. The maximum atomic E-state index is 11.5. The zero-order chi connectivity index (χ0) is 15.4. The van der Waals surface area contributed by atoms with Crippen LogP contribution in [0, 0.1) is 17.0 Å². The Hall–Kier alpha value is -2.69. The number of Topliss-reactive ketones (excluding diaryl/α,β-unsaturated/α-hetero) is 1. The van der Waals surface area contributed by atoms with Crippen LogP contribution < -0.4 is 4.74 Å². The van der Waals surface area contributed by atoms with E-state index in [2.05, 4.69) is 0 Å². The van der Waals surface area contributed by atoms with Gasteiger partial charge in [-0.2, -0.15) is 0 Å². The Balaban J connectivity index is 2.30. The second-order valence-corrected chi connectivity index (χ2v) is 4.72. The molecular formula is C16H15NO4. The van der Waals surface area contributed by atoms with E-state index in [9.17, 15) is 14.9 Å². The summed E-state index contributed by atoms with van der Waals surface area (Å²) in [5.74, 6) is 0.0787. The fourth-order valence-corrected chi connectivity index (χ4v) is 2.00. The van der Waals surface area contributed by atoms with Crippen molar-refractivity contribution in [3.63, 3.8) is 0 Å². The van der Waals surface area contributed by atoms with Crippen molar-refractivity contribution in [1.29, 1.82) is 0 Å². The number of ether oxygens (including phenoxy) is 1. The largest absolute Gasteiger partial charge is 0.488 e. The second-order valence-electron chi connectivity index (χ2n) is 4.72. The maximum Gasteiger partial charge on any atom is 0.283 e. The Kier molecular flexibility index (Phi) is 4.33. The summed E-state index contributed by atoms with van der Waals surface area (Å²) in [6.45, 7) is 3.39. The monoisotopic (exact) mass is 285 g/mol. The van der Waals surface area contributed by atoms with Gasteiger partial charge < -0.3 is 4.74 Å². The molecule has 0 saturated heterocycles. The molecule has 108 valence electrons. The highest BCUT2D eigenvalue weighted by atomic mass is 16.6. The lowest BCUT2D eigenvalue weighted by Gasteiger charge is -2.10. The lowest BCUT2D eigenvalue weighted by molar-refractivity contribution is -0.385. The Labute approximate surface area is 122 Å². The van der Waals surface area contributed by atoms with E-state index in [4.69, 9.17) is 4.74 Å². The highest BCUT2D eigenvalue weighted by Crippen LogP contribution is 2.29. The van der Waals surface area contributed by atoms with Gasteiger partial charge in [-0.1, -0.05) is 30.3 Å². The number of rotatable bonds is 5. The van der Waals surface area contributed by atoms with E-state index in [1.165, 1.54) is 19.1 Å². The molecule has 0 atom stereocenters. The van der Waals surface area contributed by atoms with Crippen LogP contribution in [0.1, 0.15) is 28.4 Å². The van der Waals surface area contributed by atoms with E-state index in [-0.39, 0.29) is 17.0 Å². The van der Waals surface area contributed by atoms with Crippen LogP contribution in [0.5, 0.6) is 5.75 Å². The first-order valence-corrected chi connectivity index (χ1v) is 6.45. The van der Waals surface area contributed by atoms with Gasteiger partial charge in [-0.3, -0.25) is 14.9 Å². The van der Waals surface area contributed by atoms with Gasteiger partial charge in [-0.25, -0.2) is 0 Å². The topological polar surface area (TPSA) is 69.4 Å². The molecule has 0 aliphatic heterocycles. The zero-order valence-electron chi connectivity index (χ0n) is 11.8. The number of carbonyl (C=O) groups excluding carboxylic acids is 1. The molecule has 0 bridgehead atoms. The third kappa shape index (κ3) is 3.45. The van der Waals surface area contributed by atoms with Crippen molar-refractivity contribution in [3.05, 3.63) is 69.3 Å². The van der Waals surface area contributed by atoms with Crippen LogP contribution in [0.4, 0.5) is 5.69 Å². The number of nitro groups is 1. The maximum absolute atomic E-state index is 11.5. The van der Waals surface area contributed by atoms with Gasteiger partial charge in [-0.15, -0.1) is 0 Å². The van der Waals surface area contributed by atoms with Crippen molar-refractivity contribution in [2.75, 3.05) is 0 Å². The molecule has 0 unspecified atom stereocenters. The lowest BCUT2D eigenvalue weighted by atomic mass is 10.1. The molecule has 0 heterocycles. The lowest BCUT2D eigenvalue weighted by Crippen LogP contribution is -2.03. The number of aryl methyl sites for hydroxylation is 1. The summed E-state index contributed by atoms with van der Waals surface area (Å²) in [7, 11) is 0. The Morgan fingerprint density at radius 3 is 2.48 bits per heavy atom. The summed E-state index contributed by atoms with van der Waals surface area (Å²) >= 11 is 0. The van der Waals surface area contributed by atoms with E-state index in [1.54, 1.807) is 6.92 Å². The molecule has 0 amide bonds. The molecule has 21 heavy (non-hydrogen) atoms. The van der Waals surface area contributed by atoms with Gasteiger partial charge in [0.05, 0.1) is 16.6 Å². The SMILES string of the molecule is CC(=O)c1cc(C)c(OCc2ccccc2)cc1[N+](=O)[O-]. The van der Waals surface area contributed by atoms with E-state index in [0.717, 1.165) is 5.56 Å². The van der Waals surface area contributed by atoms with E-state index in [0.29, 0.717) is 17.9 Å². The van der Waals surface area contributed by atoms with Gasteiger partial charge in [0.25, 0.3) is 5.69 Å². The predicted octanol–water partition coefficient (Wildman–Crippen LogP) is 3.68. The molecular weight excluding hydrogens is 270 g/mol. The summed E-state index contributed by atoms with van der Waals surface area (Å²) in [6.07, 6.45) is 0. The smallest absolute Gasteiger partial charge is 0.283 e. The van der Waals surface area contributed by atoms with Crippen LogP contribution in [-0.2, 0) is 6.61 Å². The molecule has 0 fully saturated rings. The summed E-state index contributed by atoms with van der Waals surface area (Å²) in [6, 6.07) is 12.3. The molecule has 5 nitrogen and oxygen atoms in total. The van der Waals surface area contributed by atoms with Crippen molar-refractivity contribution in [2.24, 2.45) is 0 Å². The molecule has 0 aliphatic carbocycles. The Morgan fingerprint density at radius 2 is 1.90 bits per heavy atom. The normalized spacial score (nSPS) is 10.2. The number of hydrogen-bond acceptors (Lipinski definition) is 4. The average molecular weight is 285 g/mol. The number of nitro benzene ring substituents is 1. The Morgan fingerprint density at radius 1 is 1.24 bits per heavy atom. The summed E-state index contributed by atoms with van der Waals surface area (Å²) < 4.78 is 5.63. The Bertz CT molecular complexity index is 680. The molecule has 0 N–H and O–H groups in total. The van der Waals surface area contributed by atoms with E-state index < -0.39 is 4.92 Å². The molecule has 2 aromatic rings. The minimum atomic E-state index is -0.564. The van der Waals surface area contributed by atoms with Gasteiger partial charge in [-0.05, 0) is 31.0 Å². The van der Waals surface area contributed by atoms with Crippen LogP contribution in [0.2, 0.25) is 0 Å². The molecule has 0 aromatic heterocycles. The highest BCUT2D eigenvalue weighted by Gasteiger charge is 2.20. The fourth-order valence-electron chi connectivity index (χ4n) is 2.00. The van der Waals surface area contributed by atoms with E-state index in [1.807, 2.05) is 30.3 Å². The van der Waals surface area contributed by atoms with Gasteiger partial charge in [0.15, 0.2) is 5.78 Å². The van der Waals surface area contributed by atoms with Crippen LogP contribution in [0.15, 0.2) is 42.5 Å². The summed E-state index contributed by atoms with van der Waals surface area (Å²) in [4.78, 5) is 22.0. The van der Waals surface area contributed by atoms with Gasteiger partial charge >= 0.3 is 0 Å². The number of nitrogens with zero attached hydrogens (tertiary/aromatic N) is 1. The van der Waals surface area contributed by atoms with Crippen molar-refractivity contribution < 1.29 is 14.5 Å². The van der Waals surface area contributed by atoms with Crippen LogP contribution in [0.25, 0.3) is 0 Å². The van der Waals surface area contributed by atoms with Gasteiger partial charge in [0.1, 0.15) is 12.4 Å². The zero-order valence-corrected chi connectivity index (χ0v) is 11.8. The molecule has 5 heteroatoms. The first-order valence-electron chi connectivity index (χ1n) is 6.45. The third-order valence-corrected chi connectivity index (χ3v) is 3.11. The molecule has 0 spiro atoms. The van der Waals surface area contributed by atoms with Crippen molar-refractivity contribution >= 4 is 11.5 Å². The molecule has 2 rings (SSSR count). The number of ketones is 1. The van der Waals surface area contributed by atoms with Gasteiger partial charge in [0.2, 0.25) is 0 Å². The highest BCUT2D eigenvalue weighted by molar-refractivity contribution is 5.98. The molecule has 0 radical (unpaired) electrons. The standard InChI is InChI=1S/C16H15NO4/c1-11-8-14(12(2)18)15(17(19)20)9-16(11)21-10-13-6-4-3-5-7-13/h3-9H,10H2,1-2H3. The summed E-state index contributed by atoms with van der Waals surface area (Å²) in [5.41, 5.74) is 1.54. The number of hydrogen-bond donors (Lipinski definition) is 0. The van der Waals surface area contributed by atoms with Crippen LogP contribution in [-0.4, -0.2) is 10.7 Å². The number of carbonyl (C=O) groups is 1. The third-order valence-electron chi connectivity index (χ3n) is 3.11. The minimum absolute atomic E-state index is 0.101. The predicted molar refractivity (Wildman–Crippen MR) is 78.6 cm³/mol. The van der Waals surface area contributed by atoms with E-state index >= 15 is 0 Å². The van der Waals surface area contributed by atoms with Gasteiger partial charge in [0, 0.05) is 0 Å². The van der Waals surface area contributed by atoms with Crippen molar-refractivity contribution in [3.8, 4) is 5.75 Å². The number of benzene rings is 2. The molecule has 0 aliphatic rings. The van der Waals surface area contributed by atoms with Crippen molar-refractivity contribution in [2.45, 2.75) is 20.5 Å². The van der Waals surface area contributed by atoms with Crippen molar-refractivity contribution in [1.82, 2.24) is 0 Å². The molecule has 2 aromatic carbocycles. The van der Waals surface area contributed by atoms with Crippen LogP contribution >= 0.6 is 0 Å². The van der Waals surface area contributed by atoms with Crippen LogP contribution in [0.3, 0.4) is 0 Å². The second kappa shape index (κ2) is 6.17. The first-order chi connectivity index (χ1) is 9.99. The minimum Gasteiger partial charge on any atom is -0.488 e. The first kappa shape index (κ1) is 14.7.